The van der Waals surface area contributed by atoms with Gasteiger partial charge in [-0.3, -0.25) is 13.5 Å². The smallest absolute Gasteiger partial charge is 0.311 e. The lowest BCUT2D eigenvalue weighted by molar-refractivity contribution is -0.180. The standard InChI is InChI=1S/C24H36N2O3S/c1-6-7-8-18-14-26(22(2,3)4)30-19(18)25-20(27)23-10-16-9-17(11-23)13-24(12-16,15-23)21(28)29-5/h14,16-17H,6-13,15H2,1-5H3. The zero-order valence-corrected chi connectivity index (χ0v) is 19.9. The summed E-state index contributed by atoms with van der Waals surface area (Å²) < 4.78 is 8.29. The first-order valence-corrected chi connectivity index (χ1v) is 12.3. The second-order valence-corrected chi connectivity index (χ2v) is 12.0. The molecule has 0 aromatic carbocycles. The molecule has 0 spiro atoms. The summed E-state index contributed by atoms with van der Waals surface area (Å²) in [6, 6.07) is 0. The minimum absolute atomic E-state index is 0.00513. The Bertz CT molecular complexity index is 890. The highest BCUT2D eigenvalue weighted by atomic mass is 32.1. The number of carbonyl (C=O) groups is 2. The van der Waals surface area contributed by atoms with Crippen molar-refractivity contribution < 1.29 is 14.3 Å². The molecule has 2 atom stereocenters. The van der Waals surface area contributed by atoms with E-state index < -0.39 is 10.8 Å². The number of hydrogen-bond acceptors (Lipinski definition) is 4. The van der Waals surface area contributed by atoms with Crippen molar-refractivity contribution in [2.75, 3.05) is 7.11 Å². The molecular formula is C24H36N2O3S. The largest absolute Gasteiger partial charge is 0.469 e. The summed E-state index contributed by atoms with van der Waals surface area (Å²) >= 11 is 1.60. The summed E-state index contributed by atoms with van der Waals surface area (Å²) in [5.74, 6) is 0.795. The number of nitrogens with zero attached hydrogens (tertiary/aromatic N) is 2. The Morgan fingerprint density at radius 2 is 1.83 bits per heavy atom. The molecule has 4 aliphatic rings. The maximum Gasteiger partial charge on any atom is 0.311 e. The van der Waals surface area contributed by atoms with Crippen LogP contribution in [0.25, 0.3) is 0 Å². The molecule has 30 heavy (non-hydrogen) atoms. The molecule has 1 aromatic heterocycles. The fourth-order valence-corrected chi connectivity index (χ4v) is 7.55. The first kappa shape index (κ1) is 21.8. The molecule has 2 unspecified atom stereocenters. The molecule has 166 valence electrons. The predicted octanol–water partition coefficient (Wildman–Crippen LogP) is 4.83. The minimum atomic E-state index is -0.475. The molecule has 0 N–H and O–H groups in total. The zero-order valence-electron chi connectivity index (χ0n) is 19.1. The summed E-state index contributed by atoms with van der Waals surface area (Å²) in [6.07, 6.45) is 10.7. The van der Waals surface area contributed by atoms with E-state index in [4.69, 9.17) is 9.73 Å². The van der Waals surface area contributed by atoms with Gasteiger partial charge < -0.3 is 4.74 Å². The van der Waals surface area contributed by atoms with Crippen molar-refractivity contribution in [1.82, 2.24) is 3.96 Å². The monoisotopic (exact) mass is 432 g/mol. The van der Waals surface area contributed by atoms with Gasteiger partial charge in [-0.2, -0.15) is 0 Å². The van der Waals surface area contributed by atoms with Gasteiger partial charge in [-0.1, -0.05) is 13.3 Å². The average molecular weight is 433 g/mol. The van der Waals surface area contributed by atoms with Gasteiger partial charge in [0.05, 0.1) is 17.9 Å². The highest BCUT2D eigenvalue weighted by Gasteiger charge is 2.63. The number of rotatable bonds is 5. The van der Waals surface area contributed by atoms with Crippen LogP contribution in [0.1, 0.15) is 84.6 Å². The highest BCUT2D eigenvalue weighted by Crippen LogP contribution is 2.65. The number of aryl methyl sites for hydroxylation is 1. The fourth-order valence-electron chi connectivity index (χ4n) is 6.52. The summed E-state index contributed by atoms with van der Waals surface area (Å²) in [4.78, 5) is 31.2. The molecule has 0 aliphatic heterocycles. The van der Waals surface area contributed by atoms with Crippen molar-refractivity contribution in [2.45, 2.75) is 91.0 Å². The Labute approximate surface area is 184 Å². The minimum Gasteiger partial charge on any atom is -0.469 e. The van der Waals surface area contributed by atoms with Crippen molar-refractivity contribution in [1.29, 1.82) is 0 Å². The molecule has 6 heteroatoms. The summed E-state index contributed by atoms with van der Waals surface area (Å²) in [5, 5.41) is 0. The lowest BCUT2D eigenvalue weighted by atomic mass is 9.44. The van der Waals surface area contributed by atoms with E-state index in [0.717, 1.165) is 56.0 Å². The van der Waals surface area contributed by atoms with Gasteiger partial charge in [0.25, 0.3) is 5.91 Å². The van der Waals surface area contributed by atoms with Gasteiger partial charge in [-0.25, -0.2) is 4.99 Å². The molecule has 1 aromatic rings. The molecular weight excluding hydrogens is 396 g/mol. The van der Waals surface area contributed by atoms with E-state index in [0.29, 0.717) is 18.3 Å². The van der Waals surface area contributed by atoms with Crippen molar-refractivity contribution in [3.05, 3.63) is 16.4 Å². The number of methoxy groups -OCH3 is 1. The van der Waals surface area contributed by atoms with Crippen LogP contribution in [-0.2, 0) is 26.3 Å². The normalized spacial score (nSPS) is 33.2. The number of esters is 1. The van der Waals surface area contributed by atoms with E-state index in [1.807, 2.05) is 0 Å². The molecule has 4 saturated carbocycles. The van der Waals surface area contributed by atoms with Crippen LogP contribution in [0.4, 0.5) is 0 Å². The van der Waals surface area contributed by atoms with Gasteiger partial charge in [-0.15, -0.1) is 0 Å². The Balaban J connectivity index is 1.70. The maximum absolute atomic E-state index is 13.7. The van der Waals surface area contributed by atoms with Gasteiger partial charge in [0.15, 0.2) is 0 Å². The van der Waals surface area contributed by atoms with Crippen LogP contribution >= 0.6 is 11.5 Å². The summed E-state index contributed by atoms with van der Waals surface area (Å²) in [5.41, 5.74) is 0.211. The summed E-state index contributed by atoms with van der Waals surface area (Å²) in [6.45, 7) is 8.72. The van der Waals surface area contributed by atoms with Crippen LogP contribution in [0.2, 0.25) is 0 Å². The van der Waals surface area contributed by atoms with Crippen LogP contribution in [0.15, 0.2) is 11.2 Å². The quantitative estimate of drug-likeness (QED) is 0.626. The molecule has 1 amide bonds. The van der Waals surface area contributed by atoms with E-state index >= 15 is 0 Å². The van der Waals surface area contributed by atoms with E-state index in [2.05, 4.69) is 37.8 Å². The first-order valence-electron chi connectivity index (χ1n) is 11.5. The third-order valence-electron chi connectivity index (χ3n) is 7.53. The van der Waals surface area contributed by atoms with E-state index in [9.17, 15) is 9.59 Å². The zero-order chi connectivity index (χ0) is 21.7. The molecule has 5 nitrogen and oxygen atoms in total. The van der Waals surface area contributed by atoms with Gasteiger partial charge in [0.1, 0.15) is 4.67 Å². The Morgan fingerprint density at radius 3 is 2.40 bits per heavy atom. The molecule has 4 bridgehead atoms. The Kier molecular flexibility index (Phi) is 5.53. The van der Waals surface area contributed by atoms with E-state index in [1.165, 1.54) is 12.7 Å². The molecule has 0 saturated heterocycles. The van der Waals surface area contributed by atoms with Gasteiger partial charge in [-0.05, 0) is 95.5 Å². The SMILES string of the molecule is CCCCc1cn(C(C)(C)C)sc1=NC(=O)C12CC3CC(C1)CC(C(=O)OC)(C3)C2. The number of hydrogen-bond donors (Lipinski definition) is 0. The lowest BCUT2D eigenvalue weighted by Crippen LogP contribution is -2.57. The lowest BCUT2D eigenvalue weighted by Gasteiger charge is -2.59. The maximum atomic E-state index is 13.7. The molecule has 4 aliphatic carbocycles. The fraction of sp³-hybridized carbons (Fsp3) is 0.792. The third kappa shape index (κ3) is 3.69. The van der Waals surface area contributed by atoms with Crippen molar-refractivity contribution in [3.63, 3.8) is 0 Å². The third-order valence-corrected chi connectivity index (χ3v) is 8.91. The molecule has 4 fully saturated rings. The van der Waals surface area contributed by atoms with Crippen LogP contribution in [0, 0.1) is 22.7 Å². The number of aromatic nitrogens is 1. The van der Waals surface area contributed by atoms with Crippen LogP contribution in [-0.4, -0.2) is 22.9 Å². The Morgan fingerprint density at radius 1 is 1.20 bits per heavy atom. The van der Waals surface area contributed by atoms with Crippen LogP contribution in [0.3, 0.4) is 0 Å². The predicted molar refractivity (Wildman–Crippen MR) is 118 cm³/mol. The Hall–Kier alpha value is -1.43. The molecule has 0 radical (unpaired) electrons. The van der Waals surface area contributed by atoms with Crippen molar-refractivity contribution in [3.8, 4) is 0 Å². The van der Waals surface area contributed by atoms with Crippen molar-refractivity contribution >= 4 is 23.4 Å². The number of amides is 1. The number of carbonyl (C=O) groups excluding carboxylic acids is 2. The first-order chi connectivity index (χ1) is 14.1. The van der Waals surface area contributed by atoms with Gasteiger partial charge in [0, 0.05) is 17.3 Å². The van der Waals surface area contributed by atoms with Gasteiger partial charge >= 0.3 is 5.97 Å². The topological polar surface area (TPSA) is 60.7 Å². The number of ether oxygens (including phenoxy) is 1. The molecule has 1 heterocycles. The second-order valence-electron chi connectivity index (χ2n) is 11.1. The second kappa shape index (κ2) is 7.61. The van der Waals surface area contributed by atoms with Crippen molar-refractivity contribution in [2.24, 2.45) is 27.7 Å². The average Bonchev–Trinajstić information content (AvgIpc) is 3.07. The van der Waals surface area contributed by atoms with Crippen LogP contribution in [0.5, 0.6) is 0 Å². The highest BCUT2D eigenvalue weighted by molar-refractivity contribution is 7.04. The van der Waals surface area contributed by atoms with E-state index in [1.54, 1.807) is 11.5 Å². The molecule has 5 rings (SSSR count). The van der Waals surface area contributed by atoms with Gasteiger partial charge in [0.2, 0.25) is 0 Å². The summed E-state index contributed by atoms with van der Waals surface area (Å²) in [7, 11) is 1.48. The van der Waals surface area contributed by atoms with Crippen LogP contribution < -0.4 is 4.67 Å². The number of unbranched alkanes of at least 4 members (excludes halogenated alkanes) is 1. The van der Waals surface area contributed by atoms with E-state index in [-0.39, 0.29) is 17.4 Å².